The Morgan fingerprint density at radius 3 is 2.05 bits per heavy atom. The molecule has 0 aliphatic carbocycles. The second-order valence-corrected chi connectivity index (χ2v) is 5.31. The van der Waals surface area contributed by atoms with Crippen LogP contribution in [0.4, 0.5) is 4.79 Å². The Morgan fingerprint density at radius 2 is 1.60 bits per heavy atom. The molecular weight excluding hydrogens is 262 g/mol. The number of imide groups is 1. The van der Waals surface area contributed by atoms with E-state index in [0.29, 0.717) is 18.6 Å². The van der Waals surface area contributed by atoms with Crippen LogP contribution in [0.3, 0.4) is 0 Å². The van der Waals surface area contributed by atoms with Gasteiger partial charge < -0.3 is 20.1 Å². The average molecular weight is 287 g/mol. The third-order valence-electron chi connectivity index (χ3n) is 2.99. The lowest BCUT2D eigenvalue weighted by atomic mass is 10.2. The van der Waals surface area contributed by atoms with Crippen LogP contribution < -0.4 is 20.6 Å². The maximum atomic E-state index is 11.4. The zero-order chi connectivity index (χ0) is 15.7. The number of aliphatic carboxylic acids is 1. The molecule has 0 fully saturated rings. The molecule has 3 amide bonds. The van der Waals surface area contributed by atoms with E-state index in [1.807, 2.05) is 0 Å². The molecule has 0 radical (unpaired) electrons. The van der Waals surface area contributed by atoms with Gasteiger partial charge in [-0.05, 0) is 34.1 Å². The fraction of sp³-hybridized carbons (Fsp3) is 0.769. The van der Waals surface area contributed by atoms with Gasteiger partial charge in [0.05, 0.1) is 25.2 Å². The first-order valence-corrected chi connectivity index (χ1v) is 6.87. The number of nitrogens with one attached hydrogen (secondary N) is 3. The van der Waals surface area contributed by atoms with E-state index in [9.17, 15) is 19.5 Å². The summed E-state index contributed by atoms with van der Waals surface area (Å²) in [7, 11) is 0. The monoisotopic (exact) mass is 287 g/mol. The van der Waals surface area contributed by atoms with Crippen molar-refractivity contribution >= 4 is 17.9 Å². The van der Waals surface area contributed by atoms with E-state index in [0.717, 1.165) is 6.54 Å². The highest BCUT2D eigenvalue weighted by atomic mass is 16.4. The van der Waals surface area contributed by atoms with E-state index in [1.165, 1.54) is 4.90 Å². The van der Waals surface area contributed by atoms with Crippen LogP contribution in [0, 0.1) is 0 Å². The number of carboxylic acids is 1. The van der Waals surface area contributed by atoms with Gasteiger partial charge in [0.1, 0.15) is 0 Å². The first-order valence-electron chi connectivity index (χ1n) is 6.87. The number of hydrogen-bond donors (Lipinski definition) is 3. The first kappa shape index (κ1) is 18.4. The fourth-order valence-corrected chi connectivity index (χ4v) is 2.01. The summed E-state index contributed by atoms with van der Waals surface area (Å²) in [5.74, 6) is -1.93. The number of urea groups is 1. The number of rotatable bonds is 8. The van der Waals surface area contributed by atoms with E-state index in [1.54, 1.807) is 0 Å². The second kappa shape index (κ2) is 9.30. The fourth-order valence-electron chi connectivity index (χ4n) is 2.01. The van der Waals surface area contributed by atoms with Crippen molar-refractivity contribution in [1.82, 2.24) is 10.6 Å². The van der Waals surface area contributed by atoms with Crippen LogP contribution in [0.5, 0.6) is 0 Å². The number of hydrogen-bond acceptors (Lipinski definition) is 4. The number of amides is 3. The largest absolute Gasteiger partial charge is 0.550 e. The molecule has 116 valence electrons. The summed E-state index contributed by atoms with van der Waals surface area (Å²) in [4.78, 5) is 34.1. The molecule has 0 unspecified atom stereocenters. The van der Waals surface area contributed by atoms with Crippen molar-refractivity contribution in [1.29, 1.82) is 0 Å². The molecule has 0 heterocycles. The first-order chi connectivity index (χ1) is 9.23. The summed E-state index contributed by atoms with van der Waals surface area (Å²) >= 11 is 0. The van der Waals surface area contributed by atoms with Gasteiger partial charge in [0, 0.05) is 12.4 Å². The second-order valence-electron chi connectivity index (χ2n) is 5.31. The Balaban J connectivity index is 3.93. The summed E-state index contributed by atoms with van der Waals surface area (Å²) in [6.45, 7) is 9.65. The van der Waals surface area contributed by atoms with Crippen molar-refractivity contribution < 1.29 is 24.4 Å². The van der Waals surface area contributed by atoms with E-state index >= 15 is 0 Å². The van der Waals surface area contributed by atoms with Crippen molar-refractivity contribution in [3.63, 3.8) is 0 Å². The van der Waals surface area contributed by atoms with Crippen LogP contribution in [0.1, 0.15) is 40.5 Å². The molecule has 0 aliphatic rings. The number of quaternary nitrogens is 1. The summed E-state index contributed by atoms with van der Waals surface area (Å²) in [5, 5.41) is 14.8. The van der Waals surface area contributed by atoms with Crippen LogP contribution in [0.25, 0.3) is 0 Å². The zero-order valence-electron chi connectivity index (χ0n) is 12.6. The highest BCUT2D eigenvalue weighted by Crippen LogP contribution is 1.86. The Bertz CT molecular complexity index is 335. The topological polar surface area (TPSA) is 103 Å². The van der Waals surface area contributed by atoms with Crippen molar-refractivity contribution in [3.05, 3.63) is 0 Å². The maximum Gasteiger partial charge on any atom is 0.321 e. The molecule has 0 aliphatic heterocycles. The summed E-state index contributed by atoms with van der Waals surface area (Å²) in [6, 6.07) is 0.300. The summed E-state index contributed by atoms with van der Waals surface area (Å²) in [5.41, 5.74) is 0. The van der Waals surface area contributed by atoms with Crippen LogP contribution >= 0.6 is 0 Å². The highest BCUT2D eigenvalue weighted by Gasteiger charge is 2.16. The van der Waals surface area contributed by atoms with Crippen LogP contribution in [-0.2, 0) is 9.59 Å². The minimum atomic E-state index is -1.31. The SMILES string of the molecule is CC(C)[NH+](CCNC(=O)NC(=O)CCC(=O)[O-])C(C)C. The molecule has 0 aromatic rings. The summed E-state index contributed by atoms with van der Waals surface area (Å²) in [6.07, 6.45) is -0.650. The minimum absolute atomic E-state index is 0.259. The quantitative estimate of drug-likeness (QED) is 0.482. The predicted molar refractivity (Wildman–Crippen MR) is 71.9 cm³/mol. The number of carbonyl (C=O) groups is 3. The Labute approximate surface area is 119 Å². The number of carboxylic acid groups (broad SMARTS) is 1. The lowest BCUT2D eigenvalue weighted by molar-refractivity contribution is -0.941. The van der Waals surface area contributed by atoms with Crippen molar-refractivity contribution in [3.8, 4) is 0 Å². The van der Waals surface area contributed by atoms with Gasteiger partial charge >= 0.3 is 6.03 Å². The van der Waals surface area contributed by atoms with E-state index < -0.39 is 24.3 Å². The van der Waals surface area contributed by atoms with E-state index in [2.05, 4.69) is 38.3 Å². The Kier molecular flexibility index (Phi) is 8.54. The van der Waals surface area contributed by atoms with E-state index in [-0.39, 0.29) is 6.42 Å². The lowest BCUT2D eigenvalue weighted by Gasteiger charge is -2.27. The van der Waals surface area contributed by atoms with Gasteiger partial charge in [0.2, 0.25) is 5.91 Å². The van der Waals surface area contributed by atoms with Crippen molar-refractivity contribution in [2.45, 2.75) is 52.6 Å². The molecule has 0 aromatic carbocycles. The molecule has 0 spiro atoms. The molecule has 0 rings (SSSR count). The minimum Gasteiger partial charge on any atom is -0.550 e. The van der Waals surface area contributed by atoms with Gasteiger partial charge in [-0.2, -0.15) is 0 Å². The van der Waals surface area contributed by atoms with Gasteiger partial charge in [0.25, 0.3) is 0 Å². The van der Waals surface area contributed by atoms with Crippen molar-refractivity contribution in [2.75, 3.05) is 13.1 Å². The summed E-state index contributed by atoms with van der Waals surface area (Å²) < 4.78 is 0. The molecule has 20 heavy (non-hydrogen) atoms. The van der Waals surface area contributed by atoms with Gasteiger partial charge in [-0.1, -0.05) is 0 Å². The van der Waals surface area contributed by atoms with Crippen LogP contribution in [-0.4, -0.2) is 43.1 Å². The molecule has 0 bridgehead atoms. The van der Waals surface area contributed by atoms with Gasteiger partial charge in [-0.15, -0.1) is 0 Å². The normalized spacial score (nSPS) is 10.9. The zero-order valence-corrected chi connectivity index (χ0v) is 12.6. The van der Waals surface area contributed by atoms with Gasteiger partial charge in [-0.25, -0.2) is 4.79 Å². The van der Waals surface area contributed by atoms with Gasteiger partial charge in [-0.3, -0.25) is 10.1 Å². The van der Waals surface area contributed by atoms with Crippen molar-refractivity contribution in [2.24, 2.45) is 0 Å². The van der Waals surface area contributed by atoms with Crippen LogP contribution in [0.2, 0.25) is 0 Å². The predicted octanol–water partition coefficient (Wildman–Crippen LogP) is -1.96. The smallest absolute Gasteiger partial charge is 0.321 e. The Morgan fingerprint density at radius 1 is 1.05 bits per heavy atom. The third-order valence-corrected chi connectivity index (χ3v) is 2.99. The molecule has 0 saturated heterocycles. The molecule has 0 saturated carbocycles. The highest BCUT2D eigenvalue weighted by molar-refractivity contribution is 5.95. The molecule has 3 N–H and O–H groups in total. The molecule has 7 heteroatoms. The average Bonchev–Trinajstić information content (AvgIpc) is 2.31. The molecule has 7 nitrogen and oxygen atoms in total. The number of carbonyl (C=O) groups excluding carboxylic acids is 3. The van der Waals surface area contributed by atoms with E-state index in [4.69, 9.17) is 0 Å². The van der Waals surface area contributed by atoms with Gasteiger partial charge in [0.15, 0.2) is 0 Å². The molecular formula is C13H25N3O4. The maximum absolute atomic E-state index is 11.4. The standard InChI is InChI=1S/C13H25N3O4/c1-9(2)16(10(3)4)8-7-14-13(20)15-11(17)5-6-12(18)19/h9-10H,5-8H2,1-4H3,(H,18,19)(H2,14,15,17,20). The van der Waals surface area contributed by atoms with Crippen LogP contribution in [0.15, 0.2) is 0 Å². The lowest BCUT2D eigenvalue weighted by Crippen LogP contribution is -3.18. The molecule has 0 aromatic heterocycles. The third kappa shape index (κ3) is 8.47. The molecule has 0 atom stereocenters. The Hall–Kier alpha value is -1.63.